The number of carbonyl (C=O) groups excluding carboxylic acids is 3. The molecular weight excluding hydrogens is 534 g/mol. The van der Waals surface area contributed by atoms with Crippen LogP contribution in [0, 0.1) is 11.8 Å². The lowest BCUT2D eigenvalue weighted by molar-refractivity contribution is -0.154. The molecule has 1 spiro atoms. The largest absolute Gasteiger partial charge is 0.494 e. The summed E-state index contributed by atoms with van der Waals surface area (Å²) in [5.74, 6) is -1.71. The number of rotatable bonds is 15. The molecule has 3 aliphatic rings. The maximum absolute atomic E-state index is 14.5. The van der Waals surface area contributed by atoms with E-state index >= 15 is 0 Å². The second-order valence-electron chi connectivity index (χ2n) is 11.9. The van der Waals surface area contributed by atoms with Gasteiger partial charge in [-0.15, -0.1) is 13.2 Å². The minimum absolute atomic E-state index is 0.214. The van der Waals surface area contributed by atoms with Crippen molar-refractivity contribution in [3.8, 4) is 5.75 Å². The van der Waals surface area contributed by atoms with Crippen LogP contribution in [0.5, 0.6) is 5.75 Å². The zero-order chi connectivity index (χ0) is 30.7. The first-order valence-corrected chi connectivity index (χ1v) is 15.3. The average molecular weight is 582 g/mol. The van der Waals surface area contributed by atoms with Crippen LogP contribution in [-0.2, 0) is 19.1 Å². The molecule has 6 atom stereocenters. The van der Waals surface area contributed by atoms with Crippen molar-refractivity contribution in [3.05, 3.63) is 49.6 Å². The first kappa shape index (κ1) is 31.8. The molecule has 9 heteroatoms. The van der Waals surface area contributed by atoms with Gasteiger partial charge in [-0.2, -0.15) is 0 Å². The van der Waals surface area contributed by atoms with Crippen molar-refractivity contribution in [2.24, 2.45) is 11.8 Å². The number of amides is 3. The SMILES string of the molecule is C=CCN(CCCCC)C(=O)C1N([C@H](C)CO)C(=O)[C@@H]2[C@H](C(=O)N(CC=C)c3ccc(OCC)cc3)[C@]3(C)CCC12O3. The van der Waals surface area contributed by atoms with Crippen molar-refractivity contribution in [3.63, 3.8) is 0 Å². The molecule has 0 aliphatic carbocycles. The molecule has 0 radical (unpaired) electrons. The van der Waals surface area contributed by atoms with Crippen LogP contribution in [0.15, 0.2) is 49.6 Å². The third kappa shape index (κ3) is 5.37. The summed E-state index contributed by atoms with van der Waals surface area (Å²) in [6.45, 7) is 16.7. The Bertz CT molecular complexity index is 1170. The molecule has 1 N–H and O–H groups in total. The highest BCUT2D eigenvalue weighted by Crippen LogP contribution is 2.64. The van der Waals surface area contributed by atoms with E-state index in [1.54, 1.807) is 28.9 Å². The Hall–Kier alpha value is -3.17. The molecule has 2 bridgehead atoms. The van der Waals surface area contributed by atoms with Crippen LogP contribution in [0.2, 0.25) is 0 Å². The van der Waals surface area contributed by atoms with Gasteiger partial charge in [-0.25, -0.2) is 0 Å². The van der Waals surface area contributed by atoms with Crippen LogP contribution in [0.25, 0.3) is 0 Å². The summed E-state index contributed by atoms with van der Waals surface area (Å²) in [5, 5.41) is 10.2. The molecule has 230 valence electrons. The molecule has 0 saturated carbocycles. The summed E-state index contributed by atoms with van der Waals surface area (Å²) in [4.78, 5) is 48.1. The van der Waals surface area contributed by atoms with Gasteiger partial charge in [-0.05, 0) is 64.3 Å². The van der Waals surface area contributed by atoms with Crippen LogP contribution in [0.1, 0.15) is 59.8 Å². The van der Waals surface area contributed by atoms with Gasteiger partial charge < -0.3 is 29.3 Å². The highest BCUT2D eigenvalue weighted by Gasteiger charge is 2.78. The van der Waals surface area contributed by atoms with E-state index in [4.69, 9.17) is 9.47 Å². The zero-order valence-electron chi connectivity index (χ0n) is 25.6. The van der Waals surface area contributed by atoms with Gasteiger partial charge in [0.1, 0.15) is 17.4 Å². The summed E-state index contributed by atoms with van der Waals surface area (Å²) in [7, 11) is 0. The molecule has 1 aromatic carbocycles. The molecule has 3 amide bonds. The van der Waals surface area contributed by atoms with Crippen molar-refractivity contribution < 1.29 is 29.0 Å². The maximum atomic E-state index is 14.5. The van der Waals surface area contributed by atoms with Gasteiger partial charge in [0.25, 0.3) is 0 Å². The van der Waals surface area contributed by atoms with Gasteiger partial charge in [0.15, 0.2) is 0 Å². The van der Waals surface area contributed by atoms with Gasteiger partial charge in [0, 0.05) is 25.3 Å². The number of anilines is 1. The minimum Gasteiger partial charge on any atom is -0.494 e. The second-order valence-corrected chi connectivity index (χ2v) is 11.9. The van der Waals surface area contributed by atoms with Crippen molar-refractivity contribution >= 4 is 23.4 Å². The number of carbonyl (C=O) groups is 3. The van der Waals surface area contributed by atoms with E-state index in [9.17, 15) is 19.5 Å². The number of aliphatic hydroxyl groups is 1. The Labute approximate surface area is 250 Å². The van der Waals surface area contributed by atoms with Crippen LogP contribution in [-0.4, -0.2) is 88.8 Å². The molecular formula is C33H47N3O6. The minimum atomic E-state index is -1.16. The fraction of sp³-hybridized carbons (Fsp3) is 0.606. The van der Waals surface area contributed by atoms with Crippen LogP contribution in [0.3, 0.4) is 0 Å². The highest BCUT2D eigenvalue weighted by atomic mass is 16.5. The number of unbranched alkanes of at least 4 members (excludes halogenated alkanes) is 2. The van der Waals surface area contributed by atoms with Gasteiger partial charge in [0.05, 0.1) is 36.7 Å². The van der Waals surface area contributed by atoms with E-state index in [1.807, 2.05) is 38.1 Å². The van der Waals surface area contributed by atoms with Crippen LogP contribution in [0.4, 0.5) is 5.69 Å². The monoisotopic (exact) mass is 581 g/mol. The topological polar surface area (TPSA) is 99.6 Å². The fourth-order valence-electron chi connectivity index (χ4n) is 7.26. The molecule has 1 aromatic rings. The van der Waals surface area contributed by atoms with Crippen molar-refractivity contribution in [1.29, 1.82) is 0 Å². The highest BCUT2D eigenvalue weighted by molar-refractivity contribution is 6.03. The summed E-state index contributed by atoms with van der Waals surface area (Å²) in [6, 6.07) is 5.73. The molecule has 3 fully saturated rings. The summed E-state index contributed by atoms with van der Waals surface area (Å²) >= 11 is 0. The predicted octanol–water partition coefficient (Wildman–Crippen LogP) is 3.95. The summed E-state index contributed by atoms with van der Waals surface area (Å²) < 4.78 is 12.4. The smallest absolute Gasteiger partial charge is 0.248 e. The Morgan fingerprint density at radius 3 is 2.43 bits per heavy atom. The van der Waals surface area contributed by atoms with E-state index in [0.29, 0.717) is 44.0 Å². The number of nitrogens with zero attached hydrogens (tertiary/aromatic N) is 3. The number of ether oxygens (including phenoxy) is 2. The van der Waals surface area contributed by atoms with Gasteiger partial charge in [0.2, 0.25) is 17.7 Å². The van der Waals surface area contributed by atoms with Gasteiger partial charge in [-0.3, -0.25) is 14.4 Å². The first-order chi connectivity index (χ1) is 20.1. The lowest BCUT2D eigenvalue weighted by Gasteiger charge is -2.38. The number of hydrogen-bond donors (Lipinski definition) is 1. The lowest BCUT2D eigenvalue weighted by Crippen LogP contribution is -2.58. The van der Waals surface area contributed by atoms with Gasteiger partial charge in [-0.1, -0.05) is 31.9 Å². The Kier molecular flexibility index (Phi) is 9.83. The number of benzene rings is 1. The average Bonchev–Trinajstić information content (AvgIpc) is 3.55. The third-order valence-electron chi connectivity index (χ3n) is 9.18. The summed E-state index contributed by atoms with van der Waals surface area (Å²) in [5.41, 5.74) is -1.41. The maximum Gasteiger partial charge on any atom is 0.248 e. The zero-order valence-corrected chi connectivity index (χ0v) is 25.6. The Morgan fingerprint density at radius 2 is 1.83 bits per heavy atom. The number of aliphatic hydroxyl groups excluding tert-OH is 1. The Morgan fingerprint density at radius 1 is 1.14 bits per heavy atom. The molecule has 9 nitrogen and oxygen atoms in total. The molecule has 3 heterocycles. The summed E-state index contributed by atoms with van der Waals surface area (Å²) in [6.07, 6.45) is 7.20. The molecule has 42 heavy (non-hydrogen) atoms. The number of hydrogen-bond acceptors (Lipinski definition) is 6. The molecule has 0 aromatic heterocycles. The molecule has 4 rings (SSSR count). The van der Waals surface area contributed by atoms with Crippen LogP contribution >= 0.6 is 0 Å². The molecule has 2 unspecified atom stereocenters. The van der Waals surface area contributed by atoms with Crippen molar-refractivity contribution in [2.45, 2.75) is 83.1 Å². The fourth-order valence-corrected chi connectivity index (χ4v) is 7.26. The molecule has 3 aliphatic heterocycles. The number of fused-ring (bicyclic) bond motifs is 1. The third-order valence-corrected chi connectivity index (χ3v) is 9.18. The lowest BCUT2D eigenvalue weighted by atomic mass is 9.66. The normalized spacial score (nSPS) is 28.4. The van der Waals surface area contributed by atoms with E-state index in [-0.39, 0.29) is 30.9 Å². The van der Waals surface area contributed by atoms with Gasteiger partial charge >= 0.3 is 0 Å². The number of likely N-dealkylation sites (tertiary alicyclic amines) is 1. The van der Waals surface area contributed by atoms with E-state index in [0.717, 1.165) is 19.3 Å². The first-order valence-electron chi connectivity index (χ1n) is 15.3. The standard InChI is InChI=1S/C33H47N3O6/c1-7-11-12-21-34(19-8-2)31(40)28-33-18-17-32(6,42-33)26(27(33)30(39)36(28)23(5)22-37)29(38)35(20-9-3)24-13-15-25(16-14-24)41-10-4/h8-9,13-16,23,26-28,37H,2-3,7,10-12,17-22H2,1,4-6H3/t23-,26-,27+,28?,32+,33?/m1/s1. The second kappa shape index (κ2) is 13.0. The Balaban J connectivity index is 1.75. The predicted molar refractivity (Wildman–Crippen MR) is 162 cm³/mol. The quantitative estimate of drug-likeness (QED) is 0.249. The van der Waals surface area contributed by atoms with E-state index in [1.165, 1.54) is 4.90 Å². The van der Waals surface area contributed by atoms with Crippen molar-refractivity contribution in [1.82, 2.24) is 9.80 Å². The molecule has 3 saturated heterocycles. The van der Waals surface area contributed by atoms with E-state index in [2.05, 4.69) is 20.1 Å². The van der Waals surface area contributed by atoms with Crippen molar-refractivity contribution in [2.75, 3.05) is 37.7 Å². The van der Waals surface area contributed by atoms with E-state index < -0.39 is 35.1 Å². The van der Waals surface area contributed by atoms with Crippen LogP contribution < -0.4 is 9.64 Å².